The van der Waals surface area contributed by atoms with E-state index in [1.54, 1.807) is 12.3 Å². The first kappa shape index (κ1) is 13.4. The summed E-state index contributed by atoms with van der Waals surface area (Å²) in [5, 5.41) is 7.03. The van der Waals surface area contributed by atoms with Gasteiger partial charge in [-0.25, -0.2) is 13.8 Å². The third kappa shape index (κ3) is 2.87. The fourth-order valence-corrected chi connectivity index (χ4v) is 2.21. The van der Waals surface area contributed by atoms with Crippen molar-refractivity contribution in [3.63, 3.8) is 0 Å². The van der Waals surface area contributed by atoms with Crippen LogP contribution in [0.3, 0.4) is 0 Å². The van der Waals surface area contributed by atoms with Crippen LogP contribution in [0, 0.1) is 18.6 Å². The van der Waals surface area contributed by atoms with E-state index in [2.05, 4.69) is 15.6 Å². The van der Waals surface area contributed by atoms with Crippen molar-refractivity contribution in [2.75, 3.05) is 17.7 Å². The molecule has 0 radical (unpaired) electrons. The van der Waals surface area contributed by atoms with Crippen LogP contribution in [0.25, 0.3) is 0 Å². The van der Waals surface area contributed by atoms with Gasteiger partial charge in [-0.1, -0.05) is 0 Å². The number of carbonyl (C=O) groups is 1. The van der Waals surface area contributed by atoms with Gasteiger partial charge >= 0.3 is 0 Å². The molecule has 2 aromatic rings. The Balaban J connectivity index is 2.24. The molecule has 0 fully saturated rings. The Morgan fingerprint density at radius 3 is 2.42 bits per heavy atom. The minimum Gasteiger partial charge on any atom is -0.383 e. The molecule has 0 spiro atoms. The molecule has 1 aromatic carbocycles. The maximum atomic E-state index is 13.5. The van der Waals surface area contributed by atoms with Gasteiger partial charge in [0.25, 0.3) is 5.91 Å². The minimum absolute atomic E-state index is 0.0955. The Morgan fingerprint density at radius 1 is 1.32 bits per heavy atom. The molecule has 0 saturated heterocycles. The fourth-order valence-electron chi connectivity index (χ4n) is 1.52. The van der Waals surface area contributed by atoms with Crippen LogP contribution in [-0.4, -0.2) is 17.9 Å². The van der Waals surface area contributed by atoms with Crippen molar-refractivity contribution in [3.8, 4) is 0 Å². The number of amides is 1. The van der Waals surface area contributed by atoms with Crippen molar-refractivity contribution < 1.29 is 13.6 Å². The Kier molecular flexibility index (Phi) is 3.75. The quantitative estimate of drug-likeness (QED) is 0.910. The van der Waals surface area contributed by atoms with E-state index in [-0.39, 0.29) is 11.3 Å². The third-order valence-electron chi connectivity index (χ3n) is 2.39. The van der Waals surface area contributed by atoms with Crippen LogP contribution >= 0.6 is 11.3 Å². The summed E-state index contributed by atoms with van der Waals surface area (Å²) in [6.07, 6.45) is 0. The Labute approximate surface area is 112 Å². The maximum absolute atomic E-state index is 13.5. The third-order valence-corrected chi connectivity index (χ3v) is 3.27. The van der Waals surface area contributed by atoms with E-state index in [9.17, 15) is 13.6 Å². The molecule has 2 N–H and O–H groups in total. The van der Waals surface area contributed by atoms with Crippen LogP contribution in [0.1, 0.15) is 16.1 Å². The summed E-state index contributed by atoms with van der Waals surface area (Å²) < 4.78 is 27.0. The second kappa shape index (κ2) is 5.31. The number of thiazole rings is 1. The van der Waals surface area contributed by atoms with Crippen molar-refractivity contribution in [3.05, 3.63) is 40.4 Å². The van der Waals surface area contributed by atoms with Crippen LogP contribution in [0.5, 0.6) is 0 Å². The van der Waals surface area contributed by atoms with Crippen LogP contribution in [0.15, 0.2) is 17.5 Å². The molecule has 1 amide bonds. The largest absolute Gasteiger partial charge is 0.383 e. The van der Waals surface area contributed by atoms with Gasteiger partial charge in [0.1, 0.15) is 17.3 Å². The topological polar surface area (TPSA) is 54.0 Å². The predicted octanol–water partition coefficient (Wildman–Crippen LogP) is 3.02. The molecule has 0 bridgehead atoms. The second-order valence-corrected chi connectivity index (χ2v) is 4.67. The van der Waals surface area contributed by atoms with Gasteiger partial charge in [-0.2, -0.15) is 0 Å². The second-order valence-electron chi connectivity index (χ2n) is 3.81. The Hall–Kier alpha value is -2.02. The Morgan fingerprint density at radius 2 is 1.95 bits per heavy atom. The number of nitrogens with one attached hydrogen (secondary N) is 2. The molecular formula is C12H11F2N3OS. The zero-order valence-corrected chi connectivity index (χ0v) is 11.1. The van der Waals surface area contributed by atoms with Crippen LogP contribution in [0.4, 0.5) is 19.6 Å². The fraction of sp³-hybridized carbons (Fsp3) is 0.167. The monoisotopic (exact) mass is 283 g/mol. The molecule has 1 heterocycles. The van der Waals surface area contributed by atoms with Crippen molar-refractivity contribution in [1.29, 1.82) is 0 Å². The van der Waals surface area contributed by atoms with Gasteiger partial charge in [0, 0.05) is 18.0 Å². The molecule has 4 nitrogen and oxygen atoms in total. The SMILES string of the molecule is CNc1c(F)cc(C(=O)Nc2nc(C)cs2)cc1F. The summed E-state index contributed by atoms with van der Waals surface area (Å²) in [4.78, 5) is 15.9. The zero-order chi connectivity index (χ0) is 14.0. The standard InChI is InChI=1S/C12H11F2N3OS/c1-6-5-19-12(16-6)17-11(18)7-3-8(13)10(15-2)9(14)4-7/h3-5,15H,1-2H3,(H,16,17,18). The first-order chi connectivity index (χ1) is 9.01. The van der Waals surface area contributed by atoms with E-state index >= 15 is 0 Å². The smallest absolute Gasteiger partial charge is 0.257 e. The van der Waals surface area contributed by atoms with Crippen molar-refractivity contribution in [1.82, 2.24) is 4.98 Å². The lowest BCUT2D eigenvalue weighted by molar-refractivity contribution is 0.102. The molecule has 0 saturated carbocycles. The van der Waals surface area contributed by atoms with Crippen molar-refractivity contribution in [2.24, 2.45) is 0 Å². The molecule has 0 aliphatic heterocycles. The Bertz CT molecular complexity index is 604. The van der Waals surface area contributed by atoms with Gasteiger partial charge in [-0.3, -0.25) is 10.1 Å². The van der Waals surface area contributed by atoms with Gasteiger partial charge in [-0.15, -0.1) is 11.3 Å². The van der Waals surface area contributed by atoms with Crippen LogP contribution < -0.4 is 10.6 Å². The molecule has 0 aliphatic rings. The highest BCUT2D eigenvalue weighted by atomic mass is 32.1. The number of hydrogen-bond donors (Lipinski definition) is 2. The molecule has 0 unspecified atom stereocenters. The average Bonchev–Trinajstić information content (AvgIpc) is 2.74. The predicted molar refractivity (Wildman–Crippen MR) is 70.7 cm³/mol. The van der Waals surface area contributed by atoms with E-state index in [0.29, 0.717) is 5.13 Å². The highest BCUT2D eigenvalue weighted by Gasteiger charge is 2.15. The van der Waals surface area contributed by atoms with Gasteiger partial charge in [0.05, 0.1) is 5.69 Å². The average molecular weight is 283 g/mol. The molecular weight excluding hydrogens is 272 g/mol. The molecule has 0 atom stereocenters. The summed E-state index contributed by atoms with van der Waals surface area (Å²) in [5.74, 6) is -2.24. The summed E-state index contributed by atoms with van der Waals surface area (Å²) in [5.41, 5.74) is 0.409. The summed E-state index contributed by atoms with van der Waals surface area (Å²) >= 11 is 1.25. The van der Waals surface area contributed by atoms with Crippen LogP contribution in [-0.2, 0) is 0 Å². The number of aryl methyl sites for hydroxylation is 1. The number of anilines is 2. The first-order valence-electron chi connectivity index (χ1n) is 5.41. The minimum atomic E-state index is -0.817. The number of halogens is 2. The number of nitrogens with zero attached hydrogens (tertiary/aromatic N) is 1. The molecule has 1 aromatic heterocycles. The van der Waals surface area contributed by atoms with E-state index in [4.69, 9.17) is 0 Å². The molecule has 19 heavy (non-hydrogen) atoms. The number of benzene rings is 1. The van der Waals surface area contributed by atoms with Gasteiger partial charge in [0.2, 0.25) is 0 Å². The first-order valence-corrected chi connectivity index (χ1v) is 6.29. The van der Waals surface area contributed by atoms with E-state index in [1.807, 2.05) is 0 Å². The molecule has 7 heteroatoms. The molecule has 2 rings (SSSR count). The lowest BCUT2D eigenvalue weighted by Crippen LogP contribution is -2.13. The molecule has 100 valence electrons. The summed E-state index contributed by atoms with van der Waals surface area (Å²) in [6, 6.07) is 1.95. The highest BCUT2D eigenvalue weighted by Crippen LogP contribution is 2.21. The van der Waals surface area contributed by atoms with Gasteiger partial charge in [0.15, 0.2) is 5.13 Å². The molecule has 0 aliphatic carbocycles. The lowest BCUT2D eigenvalue weighted by atomic mass is 10.1. The van der Waals surface area contributed by atoms with Gasteiger partial charge in [-0.05, 0) is 19.1 Å². The number of rotatable bonds is 3. The number of carbonyl (C=O) groups excluding carboxylic acids is 1. The van der Waals surface area contributed by atoms with E-state index in [1.165, 1.54) is 18.4 Å². The number of aromatic nitrogens is 1. The summed E-state index contributed by atoms with van der Waals surface area (Å²) in [7, 11) is 1.40. The number of hydrogen-bond acceptors (Lipinski definition) is 4. The summed E-state index contributed by atoms with van der Waals surface area (Å²) in [6.45, 7) is 1.78. The van der Waals surface area contributed by atoms with Crippen LogP contribution in [0.2, 0.25) is 0 Å². The van der Waals surface area contributed by atoms with Crippen molar-refractivity contribution >= 4 is 28.1 Å². The highest BCUT2D eigenvalue weighted by molar-refractivity contribution is 7.13. The normalized spacial score (nSPS) is 10.3. The van der Waals surface area contributed by atoms with E-state index in [0.717, 1.165) is 17.8 Å². The van der Waals surface area contributed by atoms with E-state index < -0.39 is 17.5 Å². The lowest BCUT2D eigenvalue weighted by Gasteiger charge is -2.07. The zero-order valence-electron chi connectivity index (χ0n) is 10.3. The maximum Gasteiger partial charge on any atom is 0.257 e. The van der Waals surface area contributed by atoms with Crippen molar-refractivity contribution in [2.45, 2.75) is 6.92 Å². The van der Waals surface area contributed by atoms with Gasteiger partial charge < -0.3 is 5.32 Å².